The maximum Gasteiger partial charge on any atom is 0.330 e. The standard InChI is InChI=1S/C45H52O24/c1-17-30(49)35(54)38(57)43(64-17)63-16-27-33(52)37(56)42(45(67-27)68-41-34(53)29-22(47)13-21(59-2)14-23(29)65-40(41)19-6-8-20(46)9-7-19)69-44-39(58)36(55)32(51)26(66-44)15-62-28(48)10-5-18-11-24(60-3)31(50)25(12-18)61-4/h5-14,17,26-27,30,32-33,35-39,42-47,49-52,54-58H,15-16H2,1-4H3/t17-,26-,27+,30-,32+,33+,35+,36-,37+,38-,39-,42-,43-,44-,45-/m1/s1. The number of aliphatic hydroxyl groups excluding tert-OH is 8. The van der Waals surface area contributed by atoms with Crippen LogP contribution < -0.4 is 24.4 Å². The monoisotopic (exact) mass is 976 g/mol. The van der Waals surface area contributed by atoms with Crippen LogP contribution in [0.1, 0.15) is 12.5 Å². The van der Waals surface area contributed by atoms with Gasteiger partial charge in [-0.25, -0.2) is 4.79 Å². The van der Waals surface area contributed by atoms with Crippen molar-refractivity contribution in [2.24, 2.45) is 0 Å². The van der Waals surface area contributed by atoms with E-state index < -0.39 is 134 Å². The second-order valence-corrected chi connectivity index (χ2v) is 16.2. The molecule has 3 saturated heterocycles. The van der Waals surface area contributed by atoms with Crippen LogP contribution in [0.2, 0.25) is 0 Å². The molecule has 0 saturated carbocycles. The second-order valence-electron chi connectivity index (χ2n) is 16.2. The van der Waals surface area contributed by atoms with Crippen LogP contribution in [0.3, 0.4) is 0 Å². The molecule has 3 fully saturated rings. The van der Waals surface area contributed by atoms with Crippen molar-refractivity contribution in [3.05, 3.63) is 70.4 Å². The average molecular weight is 977 g/mol. The summed E-state index contributed by atoms with van der Waals surface area (Å²) in [7, 11) is 3.92. The van der Waals surface area contributed by atoms with Gasteiger partial charge in [-0.1, -0.05) is 0 Å². The molecule has 11 N–H and O–H groups in total. The Bertz CT molecular complexity index is 2490. The zero-order valence-electron chi connectivity index (χ0n) is 37.1. The highest BCUT2D eigenvalue weighted by Crippen LogP contribution is 2.40. The van der Waals surface area contributed by atoms with Crippen molar-refractivity contribution in [2.45, 2.75) is 99.0 Å². The molecule has 69 heavy (non-hydrogen) atoms. The topological polar surface area (TPSA) is 362 Å². The van der Waals surface area contributed by atoms with E-state index in [0.29, 0.717) is 5.56 Å². The van der Waals surface area contributed by atoms with Gasteiger partial charge in [-0.2, -0.15) is 0 Å². The Morgan fingerprint density at radius 2 is 1.29 bits per heavy atom. The molecule has 0 spiro atoms. The highest BCUT2D eigenvalue weighted by atomic mass is 16.8. The molecule has 3 aromatic carbocycles. The van der Waals surface area contributed by atoms with Crippen molar-refractivity contribution in [1.29, 1.82) is 0 Å². The van der Waals surface area contributed by atoms with Gasteiger partial charge >= 0.3 is 5.97 Å². The number of phenolic OH excluding ortho intramolecular Hbond substituents is 3. The summed E-state index contributed by atoms with van der Waals surface area (Å²) in [6.45, 7) is -0.0995. The van der Waals surface area contributed by atoms with E-state index in [1.807, 2.05) is 0 Å². The minimum atomic E-state index is -2.14. The van der Waals surface area contributed by atoms with Gasteiger partial charge in [-0.3, -0.25) is 4.79 Å². The number of ether oxygens (including phenoxy) is 10. The summed E-state index contributed by atoms with van der Waals surface area (Å²) in [5.41, 5.74) is -0.743. The van der Waals surface area contributed by atoms with Crippen LogP contribution in [-0.2, 0) is 33.2 Å². The Hall–Kier alpha value is -5.84. The molecule has 4 heterocycles. The molecule has 3 aliphatic rings. The van der Waals surface area contributed by atoms with Gasteiger partial charge in [0.25, 0.3) is 0 Å². The van der Waals surface area contributed by atoms with E-state index in [-0.39, 0.29) is 45.7 Å². The predicted octanol–water partition coefficient (Wildman–Crippen LogP) is -1.28. The third-order valence-electron chi connectivity index (χ3n) is 11.6. The molecule has 3 aliphatic heterocycles. The van der Waals surface area contributed by atoms with E-state index in [1.54, 1.807) is 0 Å². The fourth-order valence-electron chi connectivity index (χ4n) is 7.73. The van der Waals surface area contributed by atoms with E-state index in [4.69, 9.17) is 51.8 Å². The Balaban J connectivity index is 1.19. The Kier molecular flexibility index (Phi) is 15.8. The molecule has 1 aromatic heterocycles. The summed E-state index contributed by atoms with van der Waals surface area (Å²) < 4.78 is 61.9. The number of hydrogen-bond acceptors (Lipinski definition) is 24. The van der Waals surface area contributed by atoms with Gasteiger partial charge in [0.05, 0.1) is 34.0 Å². The van der Waals surface area contributed by atoms with Crippen LogP contribution in [0.4, 0.5) is 0 Å². The summed E-state index contributed by atoms with van der Waals surface area (Å²) in [6, 6.07) is 10.4. The summed E-state index contributed by atoms with van der Waals surface area (Å²) in [4.78, 5) is 27.2. The van der Waals surface area contributed by atoms with E-state index in [2.05, 4.69) is 0 Å². The number of rotatable bonds is 15. The third kappa shape index (κ3) is 10.7. The van der Waals surface area contributed by atoms with Gasteiger partial charge in [-0.15, -0.1) is 0 Å². The highest BCUT2D eigenvalue weighted by Gasteiger charge is 2.53. The SMILES string of the molecule is COc1cc(O)c2c(=O)c(O[C@H]3O[C@@H](CO[C@@H]4O[C@H](C)[C@@H](O)[C@H](O)[C@H]4O)[C@H](O)[C@H](O)[C@H]3O[C@H]3O[C@H](COC(=O)C=Cc4cc(OC)c(O)c(OC)c4)[C@H](O)[C@@H](O)[C@H]3O)c(-c3ccc(O)cc3)oc2c1. The van der Waals surface area contributed by atoms with Crippen LogP contribution >= 0.6 is 0 Å². The summed E-state index contributed by atoms with van der Waals surface area (Å²) in [5, 5.41) is 118. The van der Waals surface area contributed by atoms with Gasteiger partial charge in [0.15, 0.2) is 35.9 Å². The predicted molar refractivity (Wildman–Crippen MR) is 230 cm³/mol. The quantitative estimate of drug-likeness (QED) is 0.0488. The number of aromatic hydroxyl groups is 3. The zero-order valence-corrected chi connectivity index (χ0v) is 37.1. The maximum absolute atomic E-state index is 14.4. The first kappa shape index (κ1) is 51.0. The minimum Gasteiger partial charge on any atom is -0.508 e. The van der Waals surface area contributed by atoms with E-state index in [0.717, 1.165) is 12.1 Å². The fourth-order valence-corrected chi connectivity index (χ4v) is 7.73. The zero-order chi connectivity index (χ0) is 50.0. The lowest BCUT2D eigenvalue weighted by Gasteiger charge is -2.46. The summed E-state index contributed by atoms with van der Waals surface area (Å²) in [6.07, 6.45) is -25.0. The lowest BCUT2D eigenvalue weighted by atomic mass is 9.97. The first-order valence-corrected chi connectivity index (χ1v) is 21.2. The molecule has 0 radical (unpaired) electrons. The van der Waals surface area contributed by atoms with Gasteiger partial charge in [0.1, 0.15) is 95.9 Å². The van der Waals surface area contributed by atoms with Crippen molar-refractivity contribution < 1.29 is 113 Å². The van der Waals surface area contributed by atoms with Crippen LogP contribution in [-0.4, -0.2) is 189 Å². The van der Waals surface area contributed by atoms with E-state index in [1.165, 1.54) is 76.8 Å². The van der Waals surface area contributed by atoms with Crippen molar-refractivity contribution in [3.63, 3.8) is 0 Å². The Morgan fingerprint density at radius 3 is 1.94 bits per heavy atom. The number of fused-ring (bicyclic) bond motifs is 1. The minimum absolute atomic E-state index is 0.0434. The smallest absolute Gasteiger partial charge is 0.330 e. The van der Waals surface area contributed by atoms with Crippen molar-refractivity contribution >= 4 is 23.0 Å². The van der Waals surface area contributed by atoms with Crippen LogP contribution in [0.5, 0.6) is 40.2 Å². The maximum atomic E-state index is 14.4. The number of hydrogen-bond donors (Lipinski definition) is 11. The Labute approximate surface area is 390 Å². The molecular weight excluding hydrogens is 924 g/mol. The third-order valence-corrected chi connectivity index (χ3v) is 11.6. The Morgan fingerprint density at radius 1 is 0.681 bits per heavy atom. The normalized spacial score (nSPS) is 31.6. The van der Waals surface area contributed by atoms with Crippen molar-refractivity contribution in [2.75, 3.05) is 34.5 Å². The molecule has 15 atom stereocenters. The molecule has 4 aromatic rings. The van der Waals surface area contributed by atoms with E-state index in [9.17, 15) is 65.8 Å². The van der Waals surface area contributed by atoms with Crippen molar-refractivity contribution in [3.8, 4) is 51.6 Å². The molecule has 24 nitrogen and oxygen atoms in total. The second kappa shape index (κ2) is 21.4. The first-order valence-electron chi connectivity index (χ1n) is 21.2. The molecule has 0 unspecified atom stereocenters. The van der Waals surface area contributed by atoms with Crippen LogP contribution in [0.25, 0.3) is 28.4 Å². The summed E-state index contributed by atoms with van der Waals surface area (Å²) >= 11 is 0. The number of benzene rings is 3. The van der Waals surface area contributed by atoms with Crippen LogP contribution in [0.15, 0.2) is 63.8 Å². The van der Waals surface area contributed by atoms with Gasteiger partial charge in [0.2, 0.25) is 23.2 Å². The van der Waals surface area contributed by atoms with Gasteiger partial charge in [-0.05, 0) is 55.0 Å². The lowest BCUT2D eigenvalue weighted by molar-refractivity contribution is -0.362. The number of carbonyl (C=O) groups excluding carboxylic acids is 1. The molecule has 0 aliphatic carbocycles. The molecule has 0 amide bonds. The average Bonchev–Trinajstić information content (AvgIpc) is 3.33. The number of carbonyl (C=O) groups is 1. The van der Waals surface area contributed by atoms with Gasteiger partial charge in [0, 0.05) is 23.8 Å². The van der Waals surface area contributed by atoms with Crippen LogP contribution in [0, 0.1) is 0 Å². The highest BCUT2D eigenvalue weighted by molar-refractivity contribution is 5.89. The number of phenols is 3. The first-order chi connectivity index (χ1) is 32.8. The van der Waals surface area contributed by atoms with Crippen molar-refractivity contribution in [1.82, 2.24) is 0 Å². The number of aliphatic hydroxyl groups is 8. The molecule has 7 rings (SSSR count). The lowest BCUT2D eigenvalue weighted by Crippen LogP contribution is -2.65. The largest absolute Gasteiger partial charge is 0.508 e. The van der Waals surface area contributed by atoms with Gasteiger partial charge < -0.3 is 108 Å². The van der Waals surface area contributed by atoms with E-state index >= 15 is 0 Å². The fraction of sp³-hybridized carbons (Fsp3) is 0.467. The summed E-state index contributed by atoms with van der Waals surface area (Å²) in [5.74, 6) is -2.89. The number of methoxy groups -OCH3 is 3. The molecule has 0 bridgehead atoms. The molecule has 376 valence electrons. The molecule has 24 heteroatoms. The molecular formula is C45H52O24. The number of esters is 1.